The highest BCUT2D eigenvalue weighted by atomic mass is 79.9. The molecule has 1 N–H and O–H groups in total. The smallest absolute Gasteiger partial charge is 0.354 e. The molecule has 2 aromatic rings. The molecule has 0 amide bonds. The molecule has 0 atom stereocenters. The van der Waals surface area contributed by atoms with Crippen LogP contribution in [0.15, 0.2) is 46.9 Å². The maximum absolute atomic E-state index is 10.9. The van der Waals surface area contributed by atoms with E-state index in [0.717, 1.165) is 16.7 Å². The molecular formula is C15H15BrN2O2. The lowest BCUT2D eigenvalue weighted by Gasteiger charge is -2.16. The second kappa shape index (κ2) is 6.63. The quantitative estimate of drug-likeness (QED) is 0.912. The van der Waals surface area contributed by atoms with Crippen molar-refractivity contribution in [1.29, 1.82) is 0 Å². The molecule has 0 saturated carbocycles. The number of carboxylic acid groups (broad SMARTS) is 1. The summed E-state index contributed by atoms with van der Waals surface area (Å²) in [5.41, 5.74) is 2.03. The van der Waals surface area contributed by atoms with Gasteiger partial charge in [0.05, 0.1) is 5.69 Å². The van der Waals surface area contributed by atoms with E-state index in [1.807, 2.05) is 25.2 Å². The molecule has 0 unspecified atom stereocenters. The third kappa shape index (κ3) is 4.15. The average molecular weight is 335 g/mol. The predicted molar refractivity (Wildman–Crippen MR) is 80.5 cm³/mol. The third-order valence-electron chi connectivity index (χ3n) is 2.80. The largest absolute Gasteiger partial charge is 0.477 e. The lowest BCUT2D eigenvalue weighted by atomic mass is 10.2. The van der Waals surface area contributed by atoms with Crippen LogP contribution < -0.4 is 0 Å². The zero-order chi connectivity index (χ0) is 14.5. The van der Waals surface area contributed by atoms with Crippen molar-refractivity contribution in [3.63, 3.8) is 0 Å². The van der Waals surface area contributed by atoms with Crippen molar-refractivity contribution >= 4 is 21.9 Å². The number of benzene rings is 1. The number of hydrogen-bond acceptors (Lipinski definition) is 3. The first-order valence-corrected chi connectivity index (χ1v) is 6.96. The molecule has 2 rings (SSSR count). The SMILES string of the molecule is CN(Cc1cccc(Br)c1)Cc1cccc(C(=O)O)n1. The van der Waals surface area contributed by atoms with Crippen LogP contribution in [-0.2, 0) is 13.1 Å². The lowest BCUT2D eigenvalue weighted by molar-refractivity contribution is 0.0690. The third-order valence-corrected chi connectivity index (χ3v) is 3.29. The zero-order valence-electron chi connectivity index (χ0n) is 11.1. The first-order chi connectivity index (χ1) is 9.54. The second-order valence-electron chi connectivity index (χ2n) is 4.62. The van der Waals surface area contributed by atoms with Crippen molar-refractivity contribution in [2.45, 2.75) is 13.1 Å². The number of hydrogen-bond donors (Lipinski definition) is 1. The first-order valence-electron chi connectivity index (χ1n) is 6.17. The minimum Gasteiger partial charge on any atom is -0.477 e. The monoisotopic (exact) mass is 334 g/mol. The number of aromatic carboxylic acids is 1. The van der Waals surface area contributed by atoms with Gasteiger partial charge in [-0.25, -0.2) is 9.78 Å². The van der Waals surface area contributed by atoms with Crippen molar-refractivity contribution in [1.82, 2.24) is 9.88 Å². The van der Waals surface area contributed by atoms with Crippen LogP contribution in [0.4, 0.5) is 0 Å². The number of carbonyl (C=O) groups is 1. The summed E-state index contributed by atoms with van der Waals surface area (Å²) in [5, 5.41) is 8.93. The fourth-order valence-electron chi connectivity index (χ4n) is 1.97. The average Bonchev–Trinajstić information content (AvgIpc) is 2.38. The van der Waals surface area contributed by atoms with Crippen LogP contribution in [0, 0.1) is 0 Å². The molecule has 1 aromatic heterocycles. The van der Waals surface area contributed by atoms with Gasteiger partial charge in [0.25, 0.3) is 0 Å². The Bertz CT molecular complexity index is 616. The zero-order valence-corrected chi connectivity index (χ0v) is 12.7. The lowest BCUT2D eigenvalue weighted by Crippen LogP contribution is -2.18. The Hall–Kier alpha value is -1.72. The minimum atomic E-state index is -0.999. The van der Waals surface area contributed by atoms with E-state index < -0.39 is 5.97 Å². The highest BCUT2D eigenvalue weighted by molar-refractivity contribution is 9.10. The minimum absolute atomic E-state index is 0.0818. The van der Waals surface area contributed by atoms with Gasteiger partial charge in [-0.15, -0.1) is 0 Å². The molecule has 20 heavy (non-hydrogen) atoms. The summed E-state index contributed by atoms with van der Waals surface area (Å²) in [5.74, 6) is -0.999. The van der Waals surface area contributed by atoms with Gasteiger partial charge in [-0.3, -0.25) is 4.90 Å². The molecule has 0 bridgehead atoms. The van der Waals surface area contributed by atoms with Crippen LogP contribution in [0.2, 0.25) is 0 Å². The molecule has 0 aliphatic rings. The van der Waals surface area contributed by atoms with E-state index in [1.165, 1.54) is 11.6 Å². The molecule has 0 aliphatic heterocycles. The normalized spacial score (nSPS) is 10.8. The van der Waals surface area contributed by atoms with Crippen LogP contribution in [0.5, 0.6) is 0 Å². The molecule has 0 radical (unpaired) electrons. The summed E-state index contributed by atoms with van der Waals surface area (Å²) in [6.45, 7) is 1.38. The van der Waals surface area contributed by atoms with Gasteiger partial charge < -0.3 is 5.11 Å². The van der Waals surface area contributed by atoms with E-state index in [9.17, 15) is 4.79 Å². The molecule has 0 fully saturated rings. The molecule has 1 aromatic carbocycles. The summed E-state index contributed by atoms with van der Waals surface area (Å²) in [7, 11) is 1.98. The Kier molecular flexibility index (Phi) is 4.87. The molecular weight excluding hydrogens is 320 g/mol. The maximum atomic E-state index is 10.9. The Morgan fingerprint density at radius 1 is 1.25 bits per heavy atom. The predicted octanol–water partition coefficient (Wildman–Crippen LogP) is 3.17. The Balaban J connectivity index is 2.02. The Labute approximate surface area is 126 Å². The topological polar surface area (TPSA) is 53.4 Å². The van der Waals surface area contributed by atoms with E-state index >= 15 is 0 Å². The van der Waals surface area contributed by atoms with Crippen LogP contribution in [0.25, 0.3) is 0 Å². The number of nitrogens with zero attached hydrogens (tertiary/aromatic N) is 2. The summed E-state index contributed by atoms with van der Waals surface area (Å²) in [6.07, 6.45) is 0. The summed E-state index contributed by atoms with van der Waals surface area (Å²) >= 11 is 3.45. The van der Waals surface area contributed by atoms with Crippen molar-refractivity contribution < 1.29 is 9.90 Å². The van der Waals surface area contributed by atoms with Crippen LogP contribution in [-0.4, -0.2) is 28.0 Å². The molecule has 104 valence electrons. The first kappa shape index (κ1) is 14.7. The van der Waals surface area contributed by atoms with Crippen molar-refractivity contribution in [3.05, 3.63) is 63.9 Å². The van der Waals surface area contributed by atoms with Crippen LogP contribution in [0.3, 0.4) is 0 Å². The maximum Gasteiger partial charge on any atom is 0.354 e. The number of halogens is 1. The van der Waals surface area contributed by atoms with Crippen LogP contribution >= 0.6 is 15.9 Å². The van der Waals surface area contributed by atoms with E-state index in [1.54, 1.807) is 6.07 Å². The number of carboxylic acids is 1. The number of rotatable bonds is 5. The summed E-state index contributed by atoms with van der Waals surface area (Å²) < 4.78 is 1.05. The molecule has 1 heterocycles. The standard InChI is InChI=1S/C15H15BrN2O2/c1-18(9-11-4-2-5-12(16)8-11)10-13-6-3-7-14(17-13)15(19)20/h2-8H,9-10H2,1H3,(H,19,20). The summed E-state index contributed by atoms with van der Waals surface area (Å²) in [6, 6.07) is 13.2. The number of pyridine rings is 1. The molecule has 5 heteroatoms. The highest BCUT2D eigenvalue weighted by Gasteiger charge is 2.07. The van der Waals surface area contributed by atoms with Gasteiger partial charge >= 0.3 is 5.97 Å². The van der Waals surface area contributed by atoms with E-state index in [0.29, 0.717) is 6.54 Å². The van der Waals surface area contributed by atoms with E-state index in [2.05, 4.69) is 37.9 Å². The number of aromatic nitrogens is 1. The van der Waals surface area contributed by atoms with Crippen LogP contribution in [0.1, 0.15) is 21.7 Å². The van der Waals surface area contributed by atoms with Crippen molar-refractivity contribution in [2.75, 3.05) is 7.05 Å². The molecule has 0 aliphatic carbocycles. The van der Waals surface area contributed by atoms with Gasteiger partial charge in [-0.05, 0) is 36.9 Å². The highest BCUT2D eigenvalue weighted by Crippen LogP contribution is 2.14. The fourth-order valence-corrected chi connectivity index (χ4v) is 2.41. The fraction of sp³-hybridized carbons (Fsp3) is 0.200. The van der Waals surface area contributed by atoms with Gasteiger partial charge in [0.2, 0.25) is 0 Å². The van der Waals surface area contributed by atoms with Gasteiger partial charge in [0.1, 0.15) is 5.69 Å². The van der Waals surface area contributed by atoms with Crippen molar-refractivity contribution in [3.8, 4) is 0 Å². The van der Waals surface area contributed by atoms with E-state index in [-0.39, 0.29) is 5.69 Å². The molecule has 4 nitrogen and oxygen atoms in total. The van der Waals surface area contributed by atoms with E-state index in [4.69, 9.17) is 5.11 Å². The Morgan fingerprint density at radius 2 is 2.00 bits per heavy atom. The molecule has 0 spiro atoms. The van der Waals surface area contributed by atoms with Gasteiger partial charge in [-0.1, -0.05) is 34.1 Å². The van der Waals surface area contributed by atoms with Gasteiger partial charge in [0, 0.05) is 17.6 Å². The molecule has 0 saturated heterocycles. The van der Waals surface area contributed by atoms with Gasteiger partial charge in [0.15, 0.2) is 0 Å². The Morgan fingerprint density at radius 3 is 2.70 bits per heavy atom. The van der Waals surface area contributed by atoms with Gasteiger partial charge in [-0.2, -0.15) is 0 Å². The summed E-state index contributed by atoms with van der Waals surface area (Å²) in [4.78, 5) is 17.1. The van der Waals surface area contributed by atoms with Crippen molar-refractivity contribution in [2.24, 2.45) is 0 Å². The second-order valence-corrected chi connectivity index (χ2v) is 5.54.